The van der Waals surface area contributed by atoms with E-state index in [1.54, 1.807) is 23.7 Å². The molecule has 3 aromatic rings. The van der Waals surface area contributed by atoms with Gasteiger partial charge in [0.2, 0.25) is 0 Å². The van der Waals surface area contributed by atoms with Gasteiger partial charge in [-0.3, -0.25) is 5.32 Å². The molecule has 1 N–H and O–H groups in total. The minimum atomic E-state index is -0.212. The molecule has 0 saturated carbocycles. The molecule has 2 aromatic carbocycles. The van der Waals surface area contributed by atoms with E-state index < -0.39 is 0 Å². The fourth-order valence-electron chi connectivity index (χ4n) is 2.93. The number of benzene rings is 2. The first-order valence-corrected chi connectivity index (χ1v) is 9.68. The van der Waals surface area contributed by atoms with Crippen LogP contribution in [0, 0.1) is 6.92 Å². The number of methoxy groups -OCH3 is 1. The number of hydrogen-bond acceptors (Lipinski definition) is 3. The number of hydrogen-bond donors (Lipinski definition) is 1. The molecule has 0 atom stereocenters. The Hall–Kier alpha value is -2.80. The SMILES string of the molecule is COc1ccc(Br)cc1CN(C)C(=O)Nc1cc(C)nn1Cc1ccccc1. The molecule has 146 valence electrons. The van der Waals surface area contributed by atoms with E-state index >= 15 is 0 Å². The summed E-state index contributed by atoms with van der Waals surface area (Å²) in [4.78, 5) is 14.3. The first-order valence-electron chi connectivity index (χ1n) is 8.89. The highest BCUT2D eigenvalue weighted by Crippen LogP contribution is 2.24. The summed E-state index contributed by atoms with van der Waals surface area (Å²) in [6.45, 7) is 2.92. The van der Waals surface area contributed by atoms with E-state index in [2.05, 4.69) is 26.3 Å². The van der Waals surface area contributed by atoms with Gasteiger partial charge < -0.3 is 9.64 Å². The lowest BCUT2D eigenvalue weighted by atomic mass is 10.2. The van der Waals surface area contributed by atoms with E-state index in [0.717, 1.165) is 27.0 Å². The molecule has 3 rings (SSSR count). The monoisotopic (exact) mass is 442 g/mol. The first-order chi connectivity index (χ1) is 13.5. The largest absolute Gasteiger partial charge is 0.496 e. The summed E-state index contributed by atoms with van der Waals surface area (Å²) >= 11 is 3.46. The molecule has 0 radical (unpaired) electrons. The molecule has 0 fully saturated rings. The minimum absolute atomic E-state index is 0.212. The number of aryl methyl sites for hydroxylation is 1. The predicted molar refractivity (Wildman–Crippen MR) is 114 cm³/mol. The molecule has 0 spiro atoms. The number of carbonyl (C=O) groups excluding carboxylic acids is 1. The van der Waals surface area contributed by atoms with Crippen LogP contribution < -0.4 is 10.1 Å². The smallest absolute Gasteiger partial charge is 0.323 e. The highest BCUT2D eigenvalue weighted by Gasteiger charge is 2.15. The van der Waals surface area contributed by atoms with Crippen LogP contribution in [0.4, 0.5) is 10.6 Å². The molecule has 0 bridgehead atoms. The molecular formula is C21H23BrN4O2. The summed E-state index contributed by atoms with van der Waals surface area (Å²) in [5.41, 5.74) is 2.89. The van der Waals surface area contributed by atoms with Gasteiger partial charge in [-0.1, -0.05) is 46.3 Å². The van der Waals surface area contributed by atoms with Gasteiger partial charge in [0.15, 0.2) is 0 Å². The van der Waals surface area contributed by atoms with Gasteiger partial charge in [-0.2, -0.15) is 5.10 Å². The number of rotatable bonds is 6. The van der Waals surface area contributed by atoms with Crippen molar-refractivity contribution in [3.8, 4) is 5.75 Å². The standard InChI is InChI=1S/C21H23BrN4O2/c1-15-11-20(26(24-15)13-16-7-5-4-6-8-16)23-21(27)25(2)14-17-12-18(22)9-10-19(17)28-3/h4-12H,13-14H2,1-3H3,(H,23,27). The third-order valence-corrected chi connectivity index (χ3v) is 4.80. The maximum absolute atomic E-state index is 12.7. The van der Waals surface area contributed by atoms with Gasteiger partial charge in [0.05, 0.1) is 25.9 Å². The van der Waals surface area contributed by atoms with Gasteiger partial charge in [-0.25, -0.2) is 9.48 Å². The van der Waals surface area contributed by atoms with Crippen LogP contribution in [-0.4, -0.2) is 34.9 Å². The predicted octanol–water partition coefficient (Wildman–Crippen LogP) is 4.67. The summed E-state index contributed by atoms with van der Waals surface area (Å²) in [5, 5.41) is 7.46. The molecule has 0 aliphatic carbocycles. The number of anilines is 1. The highest BCUT2D eigenvalue weighted by atomic mass is 79.9. The molecular weight excluding hydrogens is 420 g/mol. The normalized spacial score (nSPS) is 10.6. The van der Waals surface area contributed by atoms with Crippen LogP contribution in [0.2, 0.25) is 0 Å². The Bertz CT molecular complexity index is 956. The van der Waals surface area contributed by atoms with Crippen LogP contribution in [-0.2, 0) is 13.1 Å². The molecule has 0 aliphatic heterocycles. The third-order valence-electron chi connectivity index (χ3n) is 4.31. The summed E-state index contributed by atoms with van der Waals surface area (Å²) < 4.78 is 8.14. The Balaban J connectivity index is 1.72. The maximum atomic E-state index is 12.7. The second-order valence-electron chi connectivity index (χ2n) is 6.56. The van der Waals surface area contributed by atoms with Crippen molar-refractivity contribution in [2.24, 2.45) is 0 Å². The van der Waals surface area contributed by atoms with Gasteiger partial charge in [0.25, 0.3) is 0 Å². The fraction of sp³-hybridized carbons (Fsp3) is 0.238. The van der Waals surface area contributed by atoms with Gasteiger partial charge in [0.1, 0.15) is 11.6 Å². The number of amides is 2. The fourth-order valence-corrected chi connectivity index (χ4v) is 3.33. The Morgan fingerprint density at radius 2 is 1.96 bits per heavy atom. The highest BCUT2D eigenvalue weighted by molar-refractivity contribution is 9.10. The van der Waals surface area contributed by atoms with Crippen molar-refractivity contribution in [1.82, 2.24) is 14.7 Å². The molecule has 0 saturated heterocycles. The molecule has 0 aliphatic rings. The van der Waals surface area contributed by atoms with Crippen molar-refractivity contribution < 1.29 is 9.53 Å². The quantitative estimate of drug-likeness (QED) is 0.602. The van der Waals surface area contributed by atoms with E-state index in [1.807, 2.05) is 61.5 Å². The Morgan fingerprint density at radius 1 is 1.21 bits per heavy atom. The van der Waals surface area contributed by atoms with Crippen molar-refractivity contribution in [2.45, 2.75) is 20.0 Å². The Morgan fingerprint density at radius 3 is 2.68 bits per heavy atom. The molecule has 6 nitrogen and oxygen atoms in total. The maximum Gasteiger partial charge on any atom is 0.323 e. The van der Waals surface area contributed by atoms with Crippen molar-refractivity contribution in [3.05, 3.63) is 75.9 Å². The minimum Gasteiger partial charge on any atom is -0.496 e. The van der Waals surface area contributed by atoms with Crippen LogP contribution in [0.25, 0.3) is 0 Å². The lowest BCUT2D eigenvalue weighted by Crippen LogP contribution is -2.31. The van der Waals surface area contributed by atoms with Crippen molar-refractivity contribution in [1.29, 1.82) is 0 Å². The van der Waals surface area contributed by atoms with E-state index in [9.17, 15) is 4.79 Å². The van der Waals surface area contributed by atoms with E-state index in [1.165, 1.54) is 0 Å². The number of urea groups is 1. The number of halogens is 1. The molecule has 28 heavy (non-hydrogen) atoms. The van der Waals surface area contributed by atoms with E-state index in [0.29, 0.717) is 18.9 Å². The molecule has 2 amide bonds. The molecule has 0 unspecified atom stereocenters. The van der Waals surface area contributed by atoms with Gasteiger partial charge in [-0.05, 0) is 30.7 Å². The van der Waals surface area contributed by atoms with Crippen LogP contribution in [0.1, 0.15) is 16.8 Å². The molecule has 1 heterocycles. The Labute approximate surface area is 173 Å². The van der Waals surface area contributed by atoms with E-state index in [4.69, 9.17) is 4.74 Å². The van der Waals surface area contributed by atoms with Crippen LogP contribution in [0.5, 0.6) is 5.75 Å². The second-order valence-corrected chi connectivity index (χ2v) is 7.47. The van der Waals surface area contributed by atoms with Gasteiger partial charge in [-0.15, -0.1) is 0 Å². The average Bonchev–Trinajstić information content (AvgIpc) is 3.01. The van der Waals surface area contributed by atoms with Gasteiger partial charge in [0, 0.05) is 23.2 Å². The lowest BCUT2D eigenvalue weighted by Gasteiger charge is -2.20. The molecule has 1 aromatic heterocycles. The van der Waals surface area contributed by atoms with Crippen molar-refractivity contribution >= 4 is 27.8 Å². The number of ether oxygens (including phenoxy) is 1. The first kappa shape index (κ1) is 19.9. The van der Waals surface area contributed by atoms with Gasteiger partial charge >= 0.3 is 6.03 Å². The Kier molecular flexibility index (Phi) is 6.36. The number of nitrogens with one attached hydrogen (secondary N) is 1. The van der Waals surface area contributed by atoms with Crippen LogP contribution in [0.3, 0.4) is 0 Å². The van der Waals surface area contributed by atoms with Crippen LogP contribution in [0.15, 0.2) is 59.1 Å². The topological polar surface area (TPSA) is 59.4 Å². The zero-order chi connectivity index (χ0) is 20.1. The summed E-state index contributed by atoms with van der Waals surface area (Å²) in [6.07, 6.45) is 0. The lowest BCUT2D eigenvalue weighted by molar-refractivity contribution is 0.220. The number of aromatic nitrogens is 2. The summed E-state index contributed by atoms with van der Waals surface area (Å²) in [6, 6.07) is 17.4. The van der Waals surface area contributed by atoms with Crippen LogP contribution >= 0.6 is 15.9 Å². The van der Waals surface area contributed by atoms with Crippen molar-refractivity contribution in [2.75, 3.05) is 19.5 Å². The second kappa shape index (κ2) is 8.93. The molecule has 7 heteroatoms. The zero-order valence-corrected chi connectivity index (χ0v) is 17.7. The number of carbonyl (C=O) groups is 1. The van der Waals surface area contributed by atoms with Crippen molar-refractivity contribution in [3.63, 3.8) is 0 Å². The average molecular weight is 443 g/mol. The number of nitrogens with zero attached hydrogens (tertiary/aromatic N) is 3. The summed E-state index contributed by atoms with van der Waals surface area (Å²) in [5.74, 6) is 1.41. The van der Waals surface area contributed by atoms with E-state index in [-0.39, 0.29) is 6.03 Å². The summed E-state index contributed by atoms with van der Waals surface area (Å²) in [7, 11) is 3.37. The third kappa shape index (κ3) is 4.92. The zero-order valence-electron chi connectivity index (χ0n) is 16.1.